The summed E-state index contributed by atoms with van der Waals surface area (Å²) in [6.07, 6.45) is 0.373. The van der Waals surface area contributed by atoms with E-state index in [-0.39, 0.29) is 5.82 Å². The average molecular weight is 280 g/mol. The Labute approximate surface area is 121 Å². The Hall–Kier alpha value is -1.13. The van der Waals surface area contributed by atoms with Gasteiger partial charge in [-0.2, -0.15) is 0 Å². The minimum atomic E-state index is -0.779. The molecule has 1 unspecified atom stereocenters. The third kappa shape index (κ3) is 3.13. The highest BCUT2D eigenvalue weighted by molar-refractivity contribution is 5.55. The molecular weight excluding hydrogens is 255 g/mol. The predicted octanol–water partition coefficient (Wildman–Crippen LogP) is 2.80. The lowest BCUT2D eigenvalue weighted by atomic mass is 10.1. The monoisotopic (exact) mass is 280 g/mol. The van der Waals surface area contributed by atoms with Crippen molar-refractivity contribution in [3.63, 3.8) is 0 Å². The van der Waals surface area contributed by atoms with Crippen molar-refractivity contribution in [2.45, 2.75) is 39.3 Å². The summed E-state index contributed by atoms with van der Waals surface area (Å²) in [6.45, 7) is 9.82. The Bertz CT molecular complexity index is 442. The fourth-order valence-corrected chi connectivity index (χ4v) is 2.88. The Morgan fingerprint density at radius 3 is 2.40 bits per heavy atom. The Balaban J connectivity index is 2.13. The fourth-order valence-electron chi connectivity index (χ4n) is 2.88. The summed E-state index contributed by atoms with van der Waals surface area (Å²) in [5.74, 6) is -0.318. The molecule has 0 saturated carbocycles. The lowest BCUT2D eigenvalue weighted by Gasteiger charge is -2.39. The molecular formula is C16H25FN2O. The van der Waals surface area contributed by atoms with Gasteiger partial charge in [0.25, 0.3) is 0 Å². The van der Waals surface area contributed by atoms with Gasteiger partial charge in [-0.15, -0.1) is 0 Å². The Kier molecular flexibility index (Phi) is 5.00. The molecule has 1 fully saturated rings. The summed E-state index contributed by atoms with van der Waals surface area (Å²) in [4.78, 5) is 4.65. The zero-order valence-electron chi connectivity index (χ0n) is 12.6. The number of aliphatic hydroxyl groups excluding tert-OH is 1. The minimum Gasteiger partial charge on any atom is -0.389 e. The van der Waals surface area contributed by atoms with Gasteiger partial charge in [0.2, 0.25) is 0 Å². The molecule has 0 aromatic heterocycles. The third-order valence-electron chi connectivity index (χ3n) is 4.32. The zero-order valence-corrected chi connectivity index (χ0v) is 12.6. The van der Waals surface area contributed by atoms with E-state index in [4.69, 9.17) is 0 Å². The molecule has 0 amide bonds. The van der Waals surface area contributed by atoms with Crippen LogP contribution in [0.25, 0.3) is 0 Å². The van der Waals surface area contributed by atoms with E-state index in [0.29, 0.717) is 11.6 Å². The number of nitrogens with zero attached hydrogens (tertiary/aromatic N) is 2. The summed E-state index contributed by atoms with van der Waals surface area (Å²) in [7, 11) is 0. The smallest absolute Gasteiger partial charge is 0.131 e. The van der Waals surface area contributed by atoms with E-state index >= 15 is 0 Å². The quantitative estimate of drug-likeness (QED) is 0.918. The van der Waals surface area contributed by atoms with Gasteiger partial charge in [-0.1, -0.05) is 13.0 Å². The largest absolute Gasteiger partial charge is 0.389 e. The van der Waals surface area contributed by atoms with Gasteiger partial charge in [0, 0.05) is 43.5 Å². The molecule has 20 heavy (non-hydrogen) atoms. The summed E-state index contributed by atoms with van der Waals surface area (Å²) in [5, 5.41) is 9.82. The molecule has 0 bridgehead atoms. The van der Waals surface area contributed by atoms with Crippen LogP contribution in [0.4, 0.5) is 10.1 Å². The van der Waals surface area contributed by atoms with Crippen LogP contribution in [0.3, 0.4) is 0 Å². The predicted molar refractivity (Wildman–Crippen MR) is 80.6 cm³/mol. The van der Waals surface area contributed by atoms with Crippen molar-refractivity contribution in [1.82, 2.24) is 4.90 Å². The molecule has 1 aliphatic heterocycles. The first-order valence-electron chi connectivity index (χ1n) is 7.50. The highest BCUT2D eigenvalue weighted by atomic mass is 19.1. The van der Waals surface area contributed by atoms with Gasteiger partial charge >= 0.3 is 0 Å². The second-order valence-electron chi connectivity index (χ2n) is 5.63. The van der Waals surface area contributed by atoms with E-state index in [9.17, 15) is 9.50 Å². The molecule has 112 valence electrons. The number of aliphatic hydroxyl groups is 1. The van der Waals surface area contributed by atoms with E-state index in [1.54, 1.807) is 13.0 Å². The number of rotatable bonds is 4. The number of benzene rings is 1. The topological polar surface area (TPSA) is 26.7 Å². The number of anilines is 1. The minimum absolute atomic E-state index is 0.318. The highest BCUT2D eigenvalue weighted by Crippen LogP contribution is 2.29. The van der Waals surface area contributed by atoms with E-state index in [0.717, 1.165) is 38.3 Å². The molecule has 0 spiro atoms. The van der Waals surface area contributed by atoms with Crippen molar-refractivity contribution in [1.29, 1.82) is 0 Å². The first kappa shape index (κ1) is 15.3. The fraction of sp³-hybridized carbons (Fsp3) is 0.625. The van der Waals surface area contributed by atoms with Crippen molar-refractivity contribution in [3.8, 4) is 0 Å². The van der Waals surface area contributed by atoms with Crippen LogP contribution < -0.4 is 4.90 Å². The molecule has 1 aromatic rings. The van der Waals surface area contributed by atoms with Crippen LogP contribution in [0, 0.1) is 5.82 Å². The summed E-state index contributed by atoms with van der Waals surface area (Å²) < 4.78 is 13.9. The van der Waals surface area contributed by atoms with Crippen molar-refractivity contribution in [3.05, 3.63) is 29.6 Å². The number of hydrogen-bond acceptors (Lipinski definition) is 3. The zero-order chi connectivity index (χ0) is 14.7. The SMILES string of the molecule is CCC(C)N1CCN(c2cccc(F)c2[C@H](C)O)CC1. The lowest BCUT2D eigenvalue weighted by Crippen LogP contribution is -2.49. The van der Waals surface area contributed by atoms with E-state index in [2.05, 4.69) is 23.6 Å². The second-order valence-corrected chi connectivity index (χ2v) is 5.63. The van der Waals surface area contributed by atoms with Crippen molar-refractivity contribution in [2.75, 3.05) is 31.1 Å². The number of halogens is 1. The highest BCUT2D eigenvalue weighted by Gasteiger charge is 2.24. The summed E-state index contributed by atoms with van der Waals surface area (Å²) in [6, 6.07) is 5.64. The normalized spacial score (nSPS) is 19.9. The first-order valence-corrected chi connectivity index (χ1v) is 7.50. The van der Waals surface area contributed by atoms with Crippen LogP contribution in [0.15, 0.2) is 18.2 Å². The van der Waals surface area contributed by atoms with Crippen LogP contribution in [-0.4, -0.2) is 42.2 Å². The van der Waals surface area contributed by atoms with Gasteiger partial charge in [-0.3, -0.25) is 4.90 Å². The third-order valence-corrected chi connectivity index (χ3v) is 4.32. The Morgan fingerprint density at radius 2 is 1.85 bits per heavy atom. The van der Waals surface area contributed by atoms with Crippen LogP contribution in [0.1, 0.15) is 38.9 Å². The number of hydrogen-bond donors (Lipinski definition) is 1. The summed E-state index contributed by atoms with van der Waals surface area (Å²) >= 11 is 0. The maximum atomic E-state index is 13.9. The lowest BCUT2D eigenvalue weighted by molar-refractivity contribution is 0.187. The average Bonchev–Trinajstić information content (AvgIpc) is 2.46. The van der Waals surface area contributed by atoms with Gasteiger partial charge in [-0.05, 0) is 32.4 Å². The molecule has 0 radical (unpaired) electrons. The van der Waals surface area contributed by atoms with Crippen LogP contribution in [0.5, 0.6) is 0 Å². The molecule has 4 heteroatoms. The molecule has 1 aliphatic rings. The van der Waals surface area contributed by atoms with Gasteiger partial charge < -0.3 is 10.0 Å². The molecule has 0 aliphatic carbocycles. The summed E-state index contributed by atoms with van der Waals surface area (Å²) in [5.41, 5.74) is 1.26. The second kappa shape index (κ2) is 6.55. The van der Waals surface area contributed by atoms with Crippen LogP contribution in [0.2, 0.25) is 0 Å². The number of piperazine rings is 1. The maximum Gasteiger partial charge on any atom is 0.131 e. The van der Waals surface area contributed by atoms with Gasteiger partial charge in [0.15, 0.2) is 0 Å². The van der Waals surface area contributed by atoms with Gasteiger partial charge in [-0.25, -0.2) is 4.39 Å². The van der Waals surface area contributed by atoms with Gasteiger partial charge in [0.1, 0.15) is 5.82 Å². The van der Waals surface area contributed by atoms with E-state index < -0.39 is 6.10 Å². The molecule has 3 nitrogen and oxygen atoms in total. The van der Waals surface area contributed by atoms with E-state index in [1.165, 1.54) is 6.07 Å². The standard InChI is InChI=1S/C16H25FN2O/c1-4-12(2)18-8-10-19(11-9-18)15-7-5-6-14(17)16(15)13(3)20/h5-7,12-13,20H,4,8-11H2,1-3H3/t12?,13-/m0/s1. The maximum absolute atomic E-state index is 13.9. The molecule has 2 atom stereocenters. The first-order chi connectivity index (χ1) is 9.54. The van der Waals surface area contributed by atoms with Gasteiger partial charge in [0.05, 0.1) is 6.10 Å². The molecule has 1 aromatic carbocycles. The molecule has 1 saturated heterocycles. The van der Waals surface area contributed by atoms with Crippen LogP contribution in [-0.2, 0) is 0 Å². The Morgan fingerprint density at radius 1 is 1.20 bits per heavy atom. The molecule has 1 N–H and O–H groups in total. The molecule has 1 heterocycles. The molecule has 2 rings (SSSR count). The van der Waals surface area contributed by atoms with Crippen LogP contribution >= 0.6 is 0 Å². The van der Waals surface area contributed by atoms with Crippen molar-refractivity contribution >= 4 is 5.69 Å². The van der Waals surface area contributed by atoms with E-state index in [1.807, 2.05) is 6.07 Å². The van der Waals surface area contributed by atoms with Crippen molar-refractivity contribution in [2.24, 2.45) is 0 Å². The van der Waals surface area contributed by atoms with Crippen molar-refractivity contribution < 1.29 is 9.50 Å².